The molecule has 2 aromatic heterocycles. The first-order valence-corrected chi connectivity index (χ1v) is 6.54. The van der Waals surface area contributed by atoms with E-state index in [1.54, 1.807) is 5.38 Å². The number of anilines is 1. The van der Waals surface area contributed by atoms with Crippen molar-refractivity contribution < 1.29 is 9.90 Å². The van der Waals surface area contributed by atoms with E-state index in [9.17, 15) is 4.79 Å². The highest BCUT2D eigenvalue weighted by molar-refractivity contribution is 7.13. The molecule has 0 amide bonds. The number of carboxylic acid groups (broad SMARTS) is 1. The fourth-order valence-electron chi connectivity index (χ4n) is 1.50. The summed E-state index contributed by atoms with van der Waals surface area (Å²) >= 11 is 1.33. The number of aromatic nitrogens is 2. The van der Waals surface area contributed by atoms with Crippen molar-refractivity contribution in [2.75, 3.05) is 5.32 Å². The summed E-state index contributed by atoms with van der Waals surface area (Å²) in [6.07, 6.45) is 0. The van der Waals surface area contributed by atoms with Crippen molar-refractivity contribution in [3.05, 3.63) is 40.7 Å². The number of pyridine rings is 1. The minimum Gasteiger partial charge on any atom is -0.480 e. The van der Waals surface area contributed by atoms with E-state index < -0.39 is 12.0 Å². The molecule has 0 aliphatic carbocycles. The summed E-state index contributed by atoms with van der Waals surface area (Å²) in [6.45, 7) is 2.47. The van der Waals surface area contributed by atoms with Gasteiger partial charge in [-0.2, -0.15) is 0 Å². The fourth-order valence-corrected chi connectivity index (χ4v) is 2.25. The number of carboxylic acids is 1. The topological polar surface area (TPSA) is 101 Å². The number of nitrogens with two attached hydrogens (primary N) is 1. The predicted molar refractivity (Wildman–Crippen MR) is 73.0 cm³/mol. The molecule has 19 heavy (non-hydrogen) atoms. The van der Waals surface area contributed by atoms with E-state index in [0.29, 0.717) is 17.4 Å². The van der Waals surface area contributed by atoms with Gasteiger partial charge in [-0.05, 0) is 19.1 Å². The summed E-state index contributed by atoms with van der Waals surface area (Å²) in [6, 6.07) is 4.70. The molecule has 0 aromatic carbocycles. The van der Waals surface area contributed by atoms with Crippen LogP contribution in [0.5, 0.6) is 0 Å². The van der Waals surface area contributed by atoms with Gasteiger partial charge in [0.05, 0.1) is 17.9 Å². The third kappa shape index (κ3) is 3.49. The zero-order valence-corrected chi connectivity index (χ0v) is 11.1. The second kappa shape index (κ2) is 5.77. The number of aliphatic carboxylic acids is 1. The normalized spacial score (nSPS) is 12.1. The molecular formula is C12H14N4O2S. The van der Waals surface area contributed by atoms with E-state index in [-0.39, 0.29) is 0 Å². The Hall–Kier alpha value is -1.99. The third-order valence-corrected chi connectivity index (χ3v) is 3.29. The molecule has 2 aromatic rings. The van der Waals surface area contributed by atoms with Crippen LogP contribution in [0.2, 0.25) is 0 Å². The van der Waals surface area contributed by atoms with Gasteiger partial charge in [-0.15, -0.1) is 11.3 Å². The number of hydrogen-bond acceptors (Lipinski definition) is 6. The molecule has 0 aliphatic heterocycles. The molecule has 2 heterocycles. The molecule has 1 atom stereocenters. The number of thiazole rings is 1. The third-order valence-electron chi connectivity index (χ3n) is 2.47. The average molecular weight is 278 g/mol. The fraction of sp³-hybridized carbons (Fsp3) is 0.250. The number of aryl methyl sites for hydroxylation is 1. The van der Waals surface area contributed by atoms with Crippen LogP contribution in [0, 0.1) is 6.92 Å². The van der Waals surface area contributed by atoms with Crippen molar-refractivity contribution in [2.24, 2.45) is 5.73 Å². The lowest BCUT2D eigenvalue weighted by Crippen LogP contribution is -2.20. The van der Waals surface area contributed by atoms with Crippen LogP contribution in [0.1, 0.15) is 23.1 Å². The smallest absolute Gasteiger partial charge is 0.326 e. The van der Waals surface area contributed by atoms with Gasteiger partial charge in [0.15, 0.2) is 5.13 Å². The van der Waals surface area contributed by atoms with Gasteiger partial charge in [0.25, 0.3) is 0 Å². The first kappa shape index (κ1) is 13.4. The maximum Gasteiger partial charge on any atom is 0.326 e. The van der Waals surface area contributed by atoms with Gasteiger partial charge >= 0.3 is 5.97 Å². The first-order chi connectivity index (χ1) is 9.06. The van der Waals surface area contributed by atoms with Crippen LogP contribution in [0.25, 0.3) is 0 Å². The van der Waals surface area contributed by atoms with Gasteiger partial charge in [0, 0.05) is 11.1 Å². The van der Waals surface area contributed by atoms with Gasteiger partial charge in [-0.3, -0.25) is 9.78 Å². The van der Waals surface area contributed by atoms with Crippen molar-refractivity contribution >= 4 is 22.4 Å². The first-order valence-electron chi connectivity index (χ1n) is 5.66. The molecule has 0 fully saturated rings. The maximum atomic E-state index is 10.7. The molecule has 6 nitrogen and oxygen atoms in total. The lowest BCUT2D eigenvalue weighted by atomic mass is 10.2. The molecule has 0 aliphatic rings. The van der Waals surface area contributed by atoms with Crippen molar-refractivity contribution in [1.29, 1.82) is 0 Å². The predicted octanol–water partition coefficient (Wildman–Crippen LogP) is 1.54. The van der Waals surface area contributed by atoms with Crippen LogP contribution in [0.4, 0.5) is 5.13 Å². The largest absolute Gasteiger partial charge is 0.480 e. The molecular weight excluding hydrogens is 264 g/mol. The van der Waals surface area contributed by atoms with Gasteiger partial charge in [-0.25, -0.2) is 4.98 Å². The van der Waals surface area contributed by atoms with Crippen molar-refractivity contribution in [2.45, 2.75) is 19.5 Å². The molecule has 0 bridgehead atoms. The van der Waals surface area contributed by atoms with Crippen molar-refractivity contribution in [3.8, 4) is 0 Å². The van der Waals surface area contributed by atoms with E-state index in [2.05, 4.69) is 15.3 Å². The van der Waals surface area contributed by atoms with E-state index in [1.165, 1.54) is 11.3 Å². The summed E-state index contributed by atoms with van der Waals surface area (Å²) in [5.74, 6) is -1.09. The standard InChI is InChI=1S/C12H14N4O2S/c1-7-3-2-4-8(15-7)5-14-12-16-9(6-19-12)10(13)11(17)18/h2-4,6,10H,5,13H2,1H3,(H,14,16)(H,17,18). The molecule has 0 spiro atoms. The van der Waals surface area contributed by atoms with Gasteiger partial charge in [0.2, 0.25) is 0 Å². The zero-order valence-electron chi connectivity index (χ0n) is 10.3. The summed E-state index contributed by atoms with van der Waals surface area (Å²) < 4.78 is 0. The molecule has 7 heteroatoms. The highest BCUT2D eigenvalue weighted by Crippen LogP contribution is 2.20. The Morgan fingerprint density at radius 1 is 1.53 bits per heavy atom. The second-order valence-corrected chi connectivity index (χ2v) is 4.88. The van der Waals surface area contributed by atoms with E-state index >= 15 is 0 Å². The maximum absolute atomic E-state index is 10.7. The molecule has 1 unspecified atom stereocenters. The molecule has 0 saturated heterocycles. The Bertz CT molecular complexity index is 585. The number of carbonyl (C=O) groups is 1. The summed E-state index contributed by atoms with van der Waals surface area (Å²) in [5, 5.41) is 14.2. The number of hydrogen-bond donors (Lipinski definition) is 3. The van der Waals surface area contributed by atoms with Crippen LogP contribution in [0.15, 0.2) is 23.6 Å². The van der Waals surface area contributed by atoms with Gasteiger partial charge in [0.1, 0.15) is 6.04 Å². The SMILES string of the molecule is Cc1cccc(CNc2nc(C(N)C(=O)O)cs2)n1. The van der Waals surface area contributed by atoms with Crippen molar-refractivity contribution in [3.63, 3.8) is 0 Å². The quantitative estimate of drug-likeness (QED) is 0.767. The Morgan fingerprint density at radius 3 is 3.00 bits per heavy atom. The summed E-state index contributed by atoms with van der Waals surface area (Å²) in [5.41, 5.74) is 7.69. The number of rotatable bonds is 5. The molecule has 100 valence electrons. The average Bonchev–Trinajstić information content (AvgIpc) is 2.84. The van der Waals surface area contributed by atoms with E-state index in [1.807, 2.05) is 25.1 Å². The number of nitrogens with one attached hydrogen (secondary N) is 1. The summed E-state index contributed by atoms with van der Waals surface area (Å²) in [4.78, 5) is 19.2. The highest BCUT2D eigenvalue weighted by Gasteiger charge is 2.17. The van der Waals surface area contributed by atoms with Crippen molar-refractivity contribution in [1.82, 2.24) is 9.97 Å². The molecule has 4 N–H and O–H groups in total. The Balaban J connectivity index is 1.99. The lowest BCUT2D eigenvalue weighted by molar-refractivity contribution is -0.138. The van der Waals surface area contributed by atoms with Crippen LogP contribution in [-0.4, -0.2) is 21.0 Å². The Morgan fingerprint density at radius 2 is 2.32 bits per heavy atom. The molecule has 2 rings (SSSR count). The molecule has 0 radical (unpaired) electrons. The highest BCUT2D eigenvalue weighted by atomic mass is 32.1. The van der Waals surface area contributed by atoms with E-state index in [0.717, 1.165) is 11.4 Å². The van der Waals surface area contributed by atoms with Crippen LogP contribution >= 0.6 is 11.3 Å². The monoisotopic (exact) mass is 278 g/mol. The van der Waals surface area contributed by atoms with E-state index in [4.69, 9.17) is 10.8 Å². The number of nitrogens with zero attached hydrogens (tertiary/aromatic N) is 2. The second-order valence-electron chi connectivity index (χ2n) is 4.02. The minimum absolute atomic E-state index is 0.359. The Kier molecular flexibility index (Phi) is 4.08. The van der Waals surface area contributed by atoms with Gasteiger partial charge < -0.3 is 16.2 Å². The van der Waals surface area contributed by atoms with Crippen LogP contribution in [0.3, 0.4) is 0 Å². The summed E-state index contributed by atoms with van der Waals surface area (Å²) in [7, 11) is 0. The minimum atomic E-state index is -1.09. The molecule has 0 saturated carbocycles. The van der Waals surface area contributed by atoms with Gasteiger partial charge in [-0.1, -0.05) is 6.07 Å². The zero-order chi connectivity index (χ0) is 13.8. The van der Waals surface area contributed by atoms with Crippen LogP contribution in [-0.2, 0) is 11.3 Å². The Labute approximate surface area is 114 Å². The van der Waals surface area contributed by atoms with Crippen LogP contribution < -0.4 is 11.1 Å². The lowest BCUT2D eigenvalue weighted by Gasteiger charge is -2.03.